The van der Waals surface area contributed by atoms with Gasteiger partial charge in [0.15, 0.2) is 0 Å². The van der Waals surface area contributed by atoms with Gasteiger partial charge in [0.2, 0.25) is 0 Å². The minimum atomic E-state index is -0.294. The molecule has 0 fully saturated rings. The van der Waals surface area contributed by atoms with E-state index in [-0.39, 0.29) is 5.82 Å². The second kappa shape index (κ2) is 4.34. The van der Waals surface area contributed by atoms with Crippen molar-refractivity contribution in [1.29, 1.82) is 0 Å². The van der Waals surface area contributed by atoms with Crippen LogP contribution in [-0.2, 0) is 6.54 Å². The molecule has 0 aliphatic rings. The number of halogens is 2. The van der Waals surface area contributed by atoms with E-state index in [4.69, 9.17) is 5.73 Å². The highest BCUT2D eigenvalue weighted by atomic mass is 79.9. The fourth-order valence-corrected chi connectivity index (χ4v) is 2.42. The van der Waals surface area contributed by atoms with Crippen LogP contribution in [0.3, 0.4) is 0 Å². The van der Waals surface area contributed by atoms with Crippen LogP contribution in [0, 0.1) is 5.82 Å². The molecule has 3 nitrogen and oxygen atoms in total. The summed E-state index contributed by atoms with van der Waals surface area (Å²) in [6, 6.07) is 4.46. The number of hydrogen-bond donors (Lipinski definition) is 1. The van der Waals surface area contributed by atoms with E-state index in [1.807, 2.05) is 0 Å². The predicted octanol–water partition coefficient (Wildman–Crippen LogP) is 2.57. The van der Waals surface area contributed by atoms with Crippen molar-refractivity contribution in [3.05, 3.63) is 33.5 Å². The minimum Gasteiger partial charge on any atom is -0.324 e. The van der Waals surface area contributed by atoms with Gasteiger partial charge in [0, 0.05) is 16.6 Å². The summed E-state index contributed by atoms with van der Waals surface area (Å²) >= 11 is 4.70. The van der Waals surface area contributed by atoms with Crippen molar-refractivity contribution in [3.8, 4) is 10.6 Å². The van der Waals surface area contributed by atoms with E-state index < -0.39 is 0 Å². The normalized spacial score (nSPS) is 10.6. The first-order valence-corrected chi connectivity index (χ1v) is 5.79. The van der Waals surface area contributed by atoms with Gasteiger partial charge >= 0.3 is 0 Å². The molecular formula is C9H7BrFN3S. The van der Waals surface area contributed by atoms with Crippen LogP contribution >= 0.6 is 27.3 Å². The molecular weight excluding hydrogens is 281 g/mol. The Morgan fingerprint density at radius 3 is 2.87 bits per heavy atom. The molecule has 0 unspecified atom stereocenters. The summed E-state index contributed by atoms with van der Waals surface area (Å²) in [5, 5.41) is 9.24. The summed E-state index contributed by atoms with van der Waals surface area (Å²) in [5.74, 6) is -0.294. The Balaban J connectivity index is 2.48. The van der Waals surface area contributed by atoms with E-state index in [9.17, 15) is 4.39 Å². The third kappa shape index (κ3) is 2.22. The van der Waals surface area contributed by atoms with E-state index >= 15 is 0 Å². The van der Waals surface area contributed by atoms with Crippen LogP contribution in [0.5, 0.6) is 0 Å². The number of rotatable bonds is 2. The van der Waals surface area contributed by atoms with Gasteiger partial charge in [0.1, 0.15) is 15.8 Å². The van der Waals surface area contributed by atoms with Gasteiger partial charge in [0.25, 0.3) is 0 Å². The van der Waals surface area contributed by atoms with Crippen molar-refractivity contribution in [2.75, 3.05) is 0 Å². The van der Waals surface area contributed by atoms with Gasteiger partial charge in [-0.3, -0.25) is 0 Å². The highest BCUT2D eigenvalue weighted by molar-refractivity contribution is 9.10. The number of hydrogen-bond acceptors (Lipinski definition) is 4. The summed E-state index contributed by atoms with van der Waals surface area (Å²) in [7, 11) is 0. The van der Waals surface area contributed by atoms with Crippen LogP contribution in [0.1, 0.15) is 5.01 Å². The topological polar surface area (TPSA) is 51.8 Å². The Hall–Kier alpha value is -0.850. The fourth-order valence-electron chi connectivity index (χ4n) is 1.11. The molecule has 0 saturated carbocycles. The molecule has 2 rings (SSSR count). The van der Waals surface area contributed by atoms with Crippen LogP contribution in [0.25, 0.3) is 10.6 Å². The Kier molecular flexibility index (Phi) is 3.08. The SMILES string of the molecule is NCc1nnc(-c2cc(F)ccc2Br)s1. The molecule has 1 aromatic heterocycles. The van der Waals surface area contributed by atoms with E-state index in [0.29, 0.717) is 17.1 Å². The average molecular weight is 288 g/mol. The lowest BCUT2D eigenvalue weighted by Crippen LogP contribution is -1.94. The second-order valence-electron chi connectivity index (χ2n) is 2.83. The first-order valence-electron chi connectivity index (χ1n) is 4.18. The summed E-state index contributed by atoms with van der Waals surface area (Å²) < 4.78 is 13.8. The number of nitrogens with zero attached hydrogens (tertiary/aromatic N) is 2. The molecule has 0 aliphatic carbocycles. The van der Waals surface area contributed by atoms with Gasteiger partial charge in [-0.1, -0.05) is 27.3 Å². The van der Waals surface area contributed by atoms with E-state index in [1.54, 1.807) is 6.07 Å². The third-order valence-electron chi connectivity index (χ3n) is 1.80. The Bertz CT molecular complexity index is 486. The zero-order chi connectivity index (χ0) is 10.8. The lowest BCUT2D eigenvalue weighted by Gasteiger charge is -1.98. The quantitative estimate of drug-likeness (QED) is 0.924. The number of aromatic nitrogens is 2. The van der Waals surface area contributed by atoms with Crippen LogP contribution in [-0.4, -0.2) is 10.2 Å². The average Bonchev–Trinajstić information content (AvgIpc) is 2.70. The van der Waals surface area contributed by atoms with Gasteiger partial charge in [-0.15, -0.1) is 10.2 Å². The molecule has 0 spiro atoms. The summed E-state index contributed by atoms with van der Waals surface area (Å²) in [6.07, 6.45) is 0. The lowest BCUT2D eigenvalue weighted by atomic mass is 10.2. The van der Waals surface area contributed by atoms with Gasteiger partial charge in [-0.25, -0.2) is 4.39 Å². The molecule has 15 heavy (non-hydrogen) atoms. The van der Waals surface area contributed by atoms with Crippen molar-refractivity contribution in [2.45, 2.75) is 6.54 Å². The first kappa shape index (κ1) is 10.7. The molecule has 0 atom stereocenters. The zero-order valence-corrected chi connectivity index (χ0v) is 9.98. The Morgan fingerprint density at radius 1 is 1.40 bits per heavy atom. The van der Waals surface area contributed by atoms with E-state index in [1.165, 1.54) is 23.5 Å². The maximum absolute atomic E-state index is 13.0. The molecule has 0 amide bonds. The summed E-state index contributed by atoms with van der Waals surface area (Å²) in [4.78, 5) is 0. The molecule has 0 radical (unpaired) electrons. The second-order valence-corrected chi connectivity index (χ2v) is 4.75. The van der Waals surface area contributed by atoms with Gasteiger partial charge in [-0.05, 0) is 18.2 Å². The summed E-state index contributed by atoms with van der Waals surface area (Å²) in [6.45, 7) is 0.352. The molecule has 1 heterocycles. The first-order chi connectivity index (χ1) is 7.20. The van der Waals surface area contributed by atoms with Crippen molar-refractivity contribution in [1.82, 2.24) is 10.2 Å². The maximum atomic E-state index is 13.0. The third-order valence-corrected chi connectivity index (χ3v) is 3.47. The Labute approximate surface area is 98.3 Å². The highest BCUT2D eigenvalue weighted by Crippen LogP contribution is 2.30. The van der Waals surface area contributed by atoms with Crippen molar-refractivity contribution < 1.29 is 4.39 Å². The smallest absolute Gasteiger partial charge is 0.149 e. The van der Waals surface area contributed by atoms with Crippen LogP contribution in [0.4, 0.5) is 4.39 Å². The van der Waals surface area contributed by atoms with Gasteiger partial charge in [-0.2, -0.15) is 0 Å². The van der Waals surface area contributed by atoms with E-state index in [2.05, 4.69) is 26.1 Å². The standard InChI is InChI=1S/C9H7BrFN3S/c10-7-2-1-5(11)3-6(7)9-14-13-8(4-12)15-9/h1-3H,4,12H2. The molecule has 0 bridgehead atoms. The minimum absolute atomic E-state index is 0.294. The largest absolute Gasteiger partial charge is 0.324 e. The molecule has 0 aliphatic heterocycles. The molecule has 0 saturated heterocycles. The molecule has 2 aromatic rings. The number of nitrogens with two attached hydrogens (primary N) is 1. The van der Waals surface area contributed by atoms with Crippen molar-refractivity contribution in [3.63, 3.8) is 0 Å². The van der Waals surface area contributed by atoms with E-state index in [0.717, 1.165) is 9.48 Å². The van der Waals surface area contributed by atoms with Gasteiger partial charge in [0.05, 0.1) is 0 Å². The molecule has 1 aromatic carbocycles. The Morgan fingerprint density at radius 2 is 2.20 bits per heavy atom. The maximum Gasteiger partial charge on any atom is 0.149 e. The van der Waals surface area contributed by atoms with Gasteiger partial charge < -0.3 is 5.73 Å². The summed E-state index contributed by atoms with van der Waals surface area (Å²) in [5.41, 5.74) is 6.13. The number of benzene rings is 1. The molecule has 78 valence electrons. The molecule has 2 N–H and O–H groups in total. The van der Waals surface area contributed by atoms with Crippen LogP contribution in [0.2, 0.25) is 0 Å². The lowest BCUT2D eigenvalue weighted by molar-refractivity contribution is 0.628. The van der Waals surface area contributed by atoms with Crippen molar-refractivity contribution in [2.24, 2.45) is 5.73 Å². The predicted molar refractivity (Wildman–Crippen MR) is 60.9 cm³/mol. The fraction of sp³-hybridized carbons (Fsp3) is 0.111. The molecule has 6 heteroatoms. The van der Waals surface area contributed by atoms with Crippen molar-refractivity contribution >= 4 is 27.3 Å². The highest BCUT2D eigenvalue weighted by Gasteiger charge is 2.10. The van der Waals surface area contributed by atoms with Crippen LogP contribution in [0.15, 0.2) is 22.7 Å². The monoisotopic (exact) mass is 287 g/mol. The van der Waals surface area contributed by atoms with Crippen LogP contribution < -0.4 is 5.73 Å². The zero-order valence-electron chi connectivity index (χ0n) is 7.58.